The zero-order valence-corrected chi connectivity index (χ0v) is 11.8. The van der Waals surface area contributed by atoms with Crippen molar-refractivity contribution in [3.05, 3.63) is 59.1 Å². The number of nitrogens with zero attached hydrogens (tertiary/aromatic N) is 1. The molecule has 17 heavy (non-hydrogen) atoms. The van der Waals surface area contributed by atoms with Gasteiger partial charge < -0.3 is 0 Å². The Balaban J connectivity index is 2.46. The summed E-state index contributed by atoms with van der Waals surface area (Å²) in [7, 11) is -1.88. The van der Waals surface area contributed by atoms with E-state index in [1.165, 1.54) is 0 Å². The Morgan fingerprint density at radius 3 is 2.18 bits per heavy atom. The third kappa shape index (κ3) is 3.17. The first kappa shape index (κ1) is 12.3. The van der Waals surface area contributed by atoms with Gasteiger partial charge in [-0.25, -0.2) is 4.36 Å². The van der Waals surface area contributed by atoms with E-state index in [2.05, 4.69) is 20.3 Å². The van der Waals surface area contributed by atoms with E-state index in [4.69, 9.17) is 4.78 Å². The van der Waals surface area contributed by atoms with E-state index in [1.807, 2.05) is 60.9 Å². The van der Waals surface area contributed by atoms with Gasteiger partial charge in [0, 0.05) is 15.6 Å². The summed E-state index contributed by atoms with van der Waals surface area (Å²) in [6.45, 7) is 0. The van der Waals surface area contributed by atoms with Crippen molar-refractivity contribution in [3.8, 4) is 0 Å². The fraction of sp³-hybridized carbons (Fsp3) is 0.0769. The molecule has 0 amide bonds. The Kier molecular flexibility index (Phi) is 3.64. The fourth-order valence-electron chi connectivity index (χ4n) is 1.45. The van der Waals surface area contributed by atoms with Gasteiger partial charge in [-0.05, 0) is 46.0 Å². The van der Waals surface area contributed by atoms with Crippen LogP contribution in [0.4, 0.5) is 5.69 Å². The highest BCUT2D eigenvalue weighted by Gasteiger charge is 2.01. The summed E-state index contributed by atoms with van der Waals surface area (Å²) in [4.78, 5) is 0.963. The molecule has 0 aliphatic heterocycles. The summed E-state index contributed by atoms with van der Waals surface area (Å²) < 4.78 is 13.9. The van der Waals surface area contributed by atoms with Crippen molar-refractivity contribution in [1.82, 2.24) is 0 Å². The highest BCUT2D eigenvalue weighted by atomic mass is 79.9. The molecule has 4 heteroatoms. The number of rotatable bonds is 2. The molecule has 0 aliphatic rings. The van der Waals surface area contributed by atoms with Crippen molar-refractivity contribution in [2.24, 2.45) is 4.36 Å². The first-order valence-corrected chi connectivity index (χ1v) is 7.93. The third-order valence-corrected chi connectivity index (χ3v) is 4.61. The number of hydrogen-bond acceptors (Lipinski definition) is 2. The number of nitrogens with one attached hydrogen (secondary N) is 1. The van der Waals surface area contributed by atoms with Crippen LogP contribution >= 0.6 is 15.9 Å². The normalized spacial score (nSPS) is 14.0. The fourth-order valence-corrected chi connectivity index (χ4v) is 3.03. The molecule has 2 rings (SSSR count). The highest BCUT2D eigenvalue weighted by Crippen LogP contribution is 2.21. The van der Waals surface area contributed by atoms with Gasteiger partial charge >= 0.3 is 0 Å². The van der Waals surface area contributed by atoms with Gasteiger partial charge in [0.25, 0.3) is 0 Å². The van der Waals surface area contributed by atoms with Crippen LogP contribution in [0.5, 0.6) is 0 Å². The maximum atomic E-state index is 8.38. The molecule has 0 saturated carbocycles. The molecule has 0 aromatic heterocycles. The van der Waals surface area contributed by atoms with Gasteiger partial charge in [0.05, 0.1) is 5.69 Å². The summed E-state index contributed by atoms with van der Waals surface area (Å²) in [5, 5.41) is 0. The third-order valence-electron chi connectivity index (χ3n) is 2.32. The maximum absolute atomic E-state index is 8.38. The van der Waals surface area contributed by atoms with Crippen molar-refractivity contribution in [2.45, 2.75) is 4.90 Å². The second-order valence-electron chi connectivity index (χ2n) is 3.76. The standard InChI is InChI=1S/C13H13BrN2S/c1-17(15,13-9-7-11(14)8-10-13)16-12-5-3-2-4-6-12/h2-10,15H,1H3. The molecule has 2 aromatic rings. The van der Waals surface area contributed by atoms with E-state index in [-0.39, 0.29) is 0 Å². The maximum Gasteiger partial charge on any atom is 0.0717 e. The molecule has 1 atom stereocenters. The van der Waals surface area contributed by atoms with Crippen LogP contribution in [0.3, 0.4) is 0 Å². The van der Waals surface area contributed by atoms with E-state index in [0.717, 1.165) is 15.1 Å². The number of benzene rings is 2. The zero-order chi connectivity index (χ0) is 12.3. The minimum Gasteiger partial charge on any atom is -0.266 e. The first-order chi connectivity index (χ1) is 8.08. The van der Waals surface area contributed by atoms with Gasteiger partial charge in [-0.3, -0.25) is 4.78 Å². The van der Waals surface area contributed by atoms with E-state index in [0.29, 0.717) is 0 Å². The largest absolute Gasteiger partial charge is 0.266 e. The number of hydrogen-bond donors (Lipinski definition) is 1. The van der Waals surface area contributed by atoms with Crippen LogP contribution in [0.2, 0.25) is 0 Å². The van der Waals surface area contributed by atoms with Gasteiger partial charge in [0.2, 0.25) is 0 Å². The Hall–Kier alpha value is -1.13. The van der Waals surface area contributed by atoms with Crippen LogP contribution in [0.15, 0.2) is 68.3 Å². The van der Waals surface area contributed by atoms with Crippen molar-refractivity contribution in [1.29, 1.82) is 4.78 Å². The lowest BCUT2D eigenvalue weighted by molar-refractivity contribution is 1.38. The Morgan fingerprint density at radius 2 is 1.59 bits per heavy atom. The molecule has 0 bridgehead atoms. The van der Waals surface area contributed by atoms with Gasteiger partial charge in [-0.15, -0.1) is 0 Å². The number of halogens is 1. The van der Waals surface area contributed by atoms with Gasteiger partial charge in [-0.1, -0.05) is 34.1 Å². The van der Waals surface area contributed by atoms with Crippen molar-refractivity contribution in [2.75, 3.05) is 6.26 Å². The van der Waals surface area contributed by atoms with Crippen LogP contribution in [-0.4, -0.2) is 6.26 Å². The van der Waals surface area contributed by atoms with Gasteiger partial charge in [-0.2, -0.15) is 0 Å². The van der Waals surface area contributed by atoms with Crippen LogP contribution in [0.1, 0.15) is 0 Å². The van der Waals surface area contributed by atoms with E-state index in [1.54, 1.807) is 0 Å². The predicted octanol–water partition coefficient (Wildman–Crippen LogP) is 4.87. The molecular weight excluding hydrogens is 296 g/mol. The first-order valence-electron chi connectivity index (χ1n) is 5.14. The monoisotopic (exact) mass is 308 g/mol. The topological polar surface area (TPSA) is 36.2 Å². The second-order valence-corrected chi connectivity index (χ2v) is 7.08. The van der Waals surface area contributed by atoms with E-state index < -0.39 is 9.62 Å². The summed E-state index contributed by atoms with van der Waals surface area (Å²) in [6, 6.07) is 17.5. The average Bonchev–Trinajstić information content (AvgIpc) is 2.30. The lowest BCUT2D eigenvalue weighted by Gasteiger charge is -2.08. The smallest absolute Gasteiger partial charge is 0.0717 e. The molecule has 88 valence electrons. The predicted molar refractivity (Wildman–Crippen MR) is 76.9 cm³/mol. The van der Waals surface area contributed by atoms with Crippen molar-refractivity contribution < 1.29 is 0 Å². The molecular formula is C13H13BrN2S. The van der Waals surface area contributed by atoms with Crippen LogP contribution in [-0.2, 0) is 9.62 Å². The minimum atomic E-state index is -1.88. The summed E-state index contributed by atoms with van der Waals surface area (Å²) in [5.74, 6) is 0. The molecule has 0 fully saturated rings. The van der Waals surface area contributed by atoms with Crippen LogP contribution < -0.4 is 0 Å². The Morgan fingerprint density at radius 1 is 1.00 bits per heavy atom. The molecule has 0 saturated heterocycles. The Labute approximate surface area is 110 Å². The average molecular weight is 309 g/mol. The van der Waals surface area contributed by atoms with Gasteiger partial charge in [0.1, 0.15) is 0 Å². The Bertz CT molecular complexity index is 612. The highest BCUT2D eigenvalue weighted by molar-refractivity contribution is 9.10. The lowest BCUT2D eigenvalue weighted by Crippen LogP contribution is -1.94. The molecule has 2 nitrogen and oxygen atoms in total. The molecule has 2 aromatic carbocycles. The zero-order valence-electron chi connectivity index (χ0n) is 9.43. The van der Waals surface area contributed by atoms with Crippen LogP contribution in [0.25, 0.3) is 0 Å². The SMILES string of the molecule is CS(=N)(=Nc1ccccc1)c1ccc(Br)cc1. The quantitative estimate of drug-likeness (QED) is 0.821. The molecule has 1 unspecified atom stereocenters. The molecule has 0 aliphatic carbocycles. The van der Waals surface area contributed by atoms with Crippen molar-refractivity contribution >= 4 is 31.2 Å². The van der Waals surface area contributed by atoms with E-state index in [9.17, 15) is 0 Å². The molecule has 1 N–H and O–H groups in total. The summed E-state index contributed by atoms with van der Waals surface area (Å²) >= 11 is 3.40. The lowest BCUT2D eigenvalue weighted by atomic mass is 10.3. The van der Waals surface area contributed by atoms with Gasteiger partial charge in [0.15, 0.2) is 0 Å². The van der Waals surface area contributed by atoms with Crippen LogP contribution in [0, 0.1) is 4.78 Å². The second kappa shape index (κ2) is 5.02. The molecule has 0 radical (unpaired) electrons. The van der Waals surface area contributed by atoms with Crippen molar-refractivity contribution in [3.63, 3.8) is 0 Å². The molecule has 0 heterocycles. The summed E-state index contributed by atoms with van der Waals surface area (Å²) in [5.41, 5.74) is 0.864. The minimum absolute atomic E-state index is 0.864. The molecule has 0 spiro atoms. The van der Waals surface area contributed by atoms with E-state index >= 15 is 0 Å². The summed E-state index contributed by atoms with van der Waals surface area (Å²) in [6.07, 6.45) is 1.88.